The first-order chi connectivity index (χ1) is 10.2. The predicted molar refractivity (Wildman–Crippen MR) is 92.9 cm³/mol. The molecule has 0 aromatic rings. The number of rotatable bonds is 7. The number of nitrogens with one attached hydrogen (secondary N) is 1. The minimum atomic E-state index is -1.63. The Labute approximate surface area is 136 Å². The van der Waals surface area contributed by atoms with Crippen LogP contribution in [-0.2, 0) is 14.1 Å². The summed E-state index contributed by atoms with van der Waals surface area (Å²) in [6, 6.07) is 0. The Balaban J connectivity index is 2.23. The zero-order valence-corrected chi connectivity index (χ0v) is 15.9. The lowest BCUT2D eigenvalue weighted by Crippen LogP contribution is -2.42. The van der Waals surface area contributed by atoms with Gasteiger partial charge in [0.25, 0.3) is 5.91 Å². The quantitative estimate of drug-likeness (QED) is 0.436. The lowest BCUT2D eigenvalue weighted by atomic mass is 9.83. The lowest BCUT2D eigenvalue weighted by molar-refractivity contribution is -0.129. The van der Waals surface area contributed by atoms with E-state index in [0.29, 0.717) is 18.4 Å². The SMILES string of the molecule is C=CC(=O)NOCC1CCC(CO[Si](C)(C)C(C)(C)C)CC1. The van der Waals surface area contributed by atoms with Crippen LogP contribution in [0.1, 0.15) is 46.5 Å². The summed E-state index contributed by atoms with van der Waals surface area (Å²) in [5.74, 6) is 0.929. The van der Waals surface area contributed by atoms with Crippen molar-refractivity contribution in [1.82, 2.24) is 5.48 Å². The van der Waals surface area contributed by atoms with E-state index in [2.05, 4.69) is 45.9 Å². The molecule has 0 aromatic heterocycles. The molecule has 0 atom stereocenters. The third-order valence-electron chi connectivity index (χ3n) is 5.13. The number of carbonyl (C=O) groups is 1. The van der Waals surface area contributed by atoms with Gasteiger partial charge in [0.2, 0.25) is 0 Å². The highest BCUT2D eigenvalue weighted by molar-refractivity contribution is 6.74. The molecule has 1 amide bonds. The maximum absolute atomic E-state index is 11.0. The summed E-state index contributed by atoms with van der Waals surface area (Å²) in [7, 11) is -1.63. The van der Waals surface area contributed by atoms with Gasteiger partial charge in [0.05, 0.1) is 6.61 Å². The largest absolute Gasteiger partial charge is 0.417 e. The molecule has 4 nitrogen and oxygen atoms in total. The minimum absolute atomic E-state index is 0.279. The van der Waals surface area contributed by atoms with Crippen LogP contribution in [0.3, 0.4) is 0 Å². The van der Waals surface area contributed by atoms with E-state index in [4.69, 9.17) is 9.26 Å². The van der Waals surface area contributed by atoms with Crippen LogP contribution in [0.4, 0.5) is 0 Å². The summed E-state index contributed by atoms with van der Waals surface area (Å²) >= 11 is 0. The molecule has 22 heavy (non-hydrogen) atoms. The first-order valence-corrected chi connectivity index (χ1v) is 11.2. The van der Waals surface area contributed by atoms with Crippen molar-refractivity contribution < 1.29 is 14.1 Å². The molecule has 5 heteroatoms. The van der Waals surface area contributed by atoms with E-state index in [9.17, 15) is 4.79 Å². The van der Waals surface area contributed by atoms with E-state index >= 15 is 0 Å². The van der Waals surface area contributed by atoms with Crippen molar-refractivity contribution >= 4 is 14.2 Å². The van der Waals surface area contributed by atoms with Crippen molar-refractivity contribution in [1.29, 1.82) is 0 Å². The van der Waals surface area contributed by atoms with Gasteiger partial charge in [-0.1, -0.05) is 27.4 Å². The van der Waals surface area contributed by atoms with Gasteiger partial charge < -0.3 is 4.43 Å². The highest BCUT2D eigenvalue weighted by atomic mass is 28.4. The topological polar surface area (TPSA) is 47.6 Å². The van der Waals surface area contributed by atoms with Crippen molar-refractivity contribution in [2.75, 3.05) is 13.2 Å². The molecule has 1 N–H and O–H groups in total. The third kappa shape index (κ3) is 6.22. The fourth-order valence-corrected chi connectivity index (χ4v) is 3.47. The molecular weight excluding hydrogens is 294 g/mol. The average molecular weight is 328 g/mol. The Morgan fingerprint density at radius 2 is 1.68 bits per heavy atom. The van der Waals surface area contributed by atoms with Gasteiger partial charge in [0.1, 0.15) is 0 Å². The lowest BCUT2D eigenvalue weighted by Gasteiger charge is -2.38. The van der Waals surface area contributed by atoms with Crippen LogP contribution in [-0.4, -0.2) is 27.4 Å². The second kappa shape index (κ2) is 8.27. The van der Waals surface area contributed by atoms with Gasteiger partial charge in [-0.25, -0.2) is 5.48 Å². The standard InChI is InChI=1S/C17H33NO3Si/c1-7-16(19)18-20-12-14-8-10-15(11-9-14)13-21-22(5,6)17(2,3)4/h7,14-15H,1,8-13H2,2-6H3,(H,18,19). The molecule has 1 aliphatic carbocycles. The third-order valence-corrected chi connectivity index (χ3v) is 9.63. The summed E-state index contributed by atoms with van der Waals surface area (Å²) < 4.78 is 6.34. The average Bonchev–Trinajstić information content (AvgIpc) is 2.45. The van der Waals surface area contributed by atoms with E-state index in [1.54, 1.807) is 0 Å². The van der Waals surface area contributed by atoms with Crippen LogP contribution in [0.2, 0.25) is 18.1 Å². The maximum atomic E-state index is 11.0. The summed E-state index contributed by atoms with van der Waals surface area (Å²) in [4.78, 5) is 16.2. The summed E-state index contributed by atoms with van der Waals surface area (Å²) in [5.41, 5.74) is 2.38. The van der Waals surface area contributed by atoms with Crippen LogP contribution < -0.4 is 5.48 Å². The van der Waals surface area contributed by atoms with Crippen molar-refractivity contribution in [3.05, 3.63) is 12.7 Å². The molecule has 1 aliphatic rings. The fraction of sp³-hybridized carbons (Fsp3) is 0.824. The van der Waals surface area contributed by atoms with Crippen LogP contribution in [0.5, 0.6) is 0 Å². The van der Waals surface area contributed by atoms with Gasteiger partial charge >= 0.3 is 0 Å². The number of hydrogen-bond acceptors (Lipinski definition) is 3. The summed E-state index contributed by atoms with van der Waals surface area (Å²) in [5, 5.41) is 0.279. The molecule has 0 heterocycles. The summed E-state index contributed by atoms with van der Waals surface area (Å²) in [6.45, 7) is 16.4. The van der Waals surface area contributed by atoms with E-state index in [0.717, 1.165) is 19.4 Å². The van der Waals surface area contributed by atoms with Crippen LogP contribution >= 0.6 is 0 Å². The van der Waals surface area contributed by atoms with E-state index < -0.39 is 8.32 Å². The molecule has 0 aliphatic heterocycles. The zero-order chi connectivity index (χ0) is 16.8. The highest BCUT2D eigenvalue weighted by Gasteiger charge is 2.37. The fourth-order valence-electron chi connectivity index (χ4n) is 2.38. The molecule has 0 aromatic carbocycles. The van der Waals surface area contributed by atoms with Gasteiger partial charge in [0, 0.05) is 6.61 Å². The second-order valence-electron chi connectivity index (χ2n) is 7.94. The zero-order valence-electron chi connectivity index (χ0n) is 14.9. The van der Waals surface area contributed by atoms with E-state index in [1.165, 1.54) is 18.9 Å². The first-order valence-electron chi connectivity index (χ1n) is 8.34. The van der Waals surface area contributed by atoms with Crippen molar-refractivity contribution in [2.45, 2.75) is 64.6 Å². The van der Waals surface area contributed by atoms with Crippen LogP contribution in [0.15, 0.2) is 12.7 Å². The van der Waals surface area contributed by atoms with E-state index in [-0.39, 0.29) is 10.9 Å². The van der Waals surface area contributed by atoms with Gasteiger partial charge in [-0.05, 0) is 61.7 Å². The predicted octanol–water partition coefficient (Wildman–Crippen LogP) is 4.05. The van der Waals surface area contributed by atoms with Crippen molar-refractivity contribution in [3.63, 3.8) is 0 Å². The van der Waals surface area contributed by atoms with Crippen molar-refractivity contribution in [3.8, 4) is 0 Å². The minimum Gasteiger partial charge on any atom is -0.417 e. The molecule has 0 unspecified atom stereocenters. The molecule has 128 valence electrons. The monoisotopic (exact) mass is 327 g/mol. The van der Waals surface area contributed by atoms with Crippen molar-refractivity contribution in [2.24, 2.45) is 11.8 Å². The Morgan fingerprint density at radius 1 is 1.18 bits per heavy atom. The van der Waals surface area contributed by atoms with Gasteiger partial charge in [-0.15, -0.1) is 0 Å². The molecule has 0 saturated heterocycles. The maximum Gasteiger partial charge on any atom is 0.266 e. The molecule has 0 radical (unpaired) electrons. The number of hydroxylamine groups is 1. The summed E-state index contributed by atoms with van der Waals surface area (Å²) in [6.07, 6.45) is 5.90. The van der Waals surface area contributed by atoms with Gasteiger partial charge in [-0.2, -0.15) is 0 Å². The Kier molecular flexibility index (Phi) is 7.29. The second-order valence-corrected chi connectivity index (χ2v) is 12.7. The first kappa shape index (κ1) is 19.4. The molecular formula is C17H33NO3Si. The molecule has 0 bridgehead atoms. The molecule has 1 fully saturated rings. The van der Waals surface area contributed by atoms with Crippen LogP contribution in [0.25, 0.3) is 0 Å². The Hall–Kier alpha value is -0.653. The number of amides is 1. The normalized spacial score (nSPS) is 23.1. The smallest absolute Gasteiger partial charge is 0.266 e. The Morgan fingerprint density at radius 3 is 2.14 bits per heavy atom. The molecule has 0 spiro atoms. The molecule has 1 saturated carbocycles. The number of hydrogen-bond donors (Lipinski definition) is 1. The van der Waals surface area contributed by atoms with Gasteiger partial charge in [0.15, 0.2) is 8.32 Å². The highest BCUT2D eigenvalue weighted by Crippen LogP contribution is 2.38. The van der Waals surface area contributed by atoms with E-state index in [1.807, 2.05) is 0 Å². The van der Waals surface area contributed by atoms with Gasteiger partial charge in [-0.3, -0.25) is 9.63 Å². The Bertz CT molecular complexity index is 369. The number of carbonyl (C=O) groups excluding carboxylic acids is 1. The molecule has 1 rings (SSSR count). The van der Waals surface area contributed by atoms with Crippen LogP contribution in [0, 0.1) is 11.8 Å².